The standard InChI is InChI=1S/C13H16N2O2/c14-10-3-1-2-9(6-10)4-5-15-11-7-12(13(15)16)17-8-11/h1-3,6,11-12H,4-5,7-8,14H2. The number of hydrogen-bond acceptors (Lipinski definition) is 3. The minimum Gasteiger partial charge on any atom is -0.399 e. The summed E-state index contributed by atoms with van der Waals surface area (Å²) in [7, 11) is 0. The molecule has 1 aromatic carbocycles. The number of nitrogen functional groups attached to an aromatic ring is 1. The van der Waals surface area contributed by atoms with Crippen LogP contribution in [-0.2, 0) is 16.0 Å². The number of ether oxygens (including phenoxy) is 1. The van der Waals surface area contributed by atoms with Crippen molar-refractivity contribution in [3.8, 4) is 0 Å². The van der Waals surface area contributed by atoms with E-state index in [9.17, 15) is 4.79 Å². The van der Waals surface area contributed by atoms with E-state index in [2.05, 4.69) is 0 Å². The fourth-order valence-electron chi connectivity index (χ4n) is 2.66. The SMILES string of the molecule is Nc1cccc(CCN2C(=O)C3CC2CO3)c1. The first-order valence-corrected chi connectivity index (χ1v) is 6.00. The van der Waals surface area contributed by atoms with Gasteiger partial charge in [0.15, 0.2) is 0 Å². The summed E-state index contributed by atoms with van der Waals surface area (Å²) in [6.07, 6.45) is 1.57. The normalized spacial score (nSPS) is 26.8. The fraction of sp³-hybridized carbons (Fsp3) is 0.462. The van der Waals surface area contributed by atoms with Gasteiger partial charge in [-0.25, -0.2) is 0 Å². The molecule has 2 heterocycles. The van der Waals surface area contributed by atoms with Crippen LogP contribution in [-0.4, -0.2) is 36.1 Å². The zero-order chi connectivity index (χ0) is 11.8. The van der Waals surface area contributed by atoms with Crippen molar-refractivity contribution in [3.05, 3.63) is 29.8 Å². The maximum atomic E-state index is 11.8. The number of rotatable bonds is 3. The van der Waals surface area contributed by atoms with Crippen LogP contribution in [0.5, 0.6) is 0 Å². The number of amides is 1. The number of carbonyl (C=O) groups excluding carboxylic acids is 1. The highest BCUT2D eigenvalue weighted by molar-refractivity contribution is 5.84. The van der Waals surface area contributed by atoms with Gasteiger partial charge in [-0.3, -0.25) is 4.79 Å². The first kappa shape index (κ1) is 10.6. The second-order valence-corrected chi connectivity index (χ2v) is 4.74. The molecule has 90 valence electrons. The number of fused-ring (bicyclic) bond motifs is 2. The maximum absolute atomic E-state index is 11.8. The summed E-state index contributed by atoms with van der Waals surface area (Å²) in [5.74, 6) is 0.158. The number of carbonyl (C=O) groups is 1. The summed E-state index contributed by atoms with van der Waals surface area (Å²) in [5, 5.41) is 0. The number of nitrogens with two attached hydrogens (primary N) is 1. The van der Waals surface area contributed by atoms with Gasteiger partial charge in [-0.15, -0.1) is 0 Å². The molecule has 2 aliphatic rings. The van der Waals surface area contributed by atoms with Crippen LogP contribution in [0.4, 0.5) is 5.69 Å². The summed E-state index contributed by atoms with van der Waals surface area (Å²) < 4.78 is 5.35. The minimum atomic E-state index is -0.166. The molecule has 3 rings (SSSR count). The topological polar surface area (TPSA) is 55.6 Å². The van der Waals surface area contributed by atoms with Crippen LogP contribution in [0.1, 0.15) is 12.0 Å². The van der Waals surface area contributed by atoms with Gasteiger partial charge < -0.3 is 15.4 Å². The summed E-state index contributed by atoms with van der Waals surface area (Å²) in [5.41, 5.74) is 7.69. The molecule has 2 aliphatic heterocycles. The first-order chi connectivity index (χ1) is 8.24. The minimum absolute atomic E-state index is 0.158. The molecule has 2 bridgehead atoms. The highest BCUT2D eigenvalue weighted by atomic mass is 16.5. The lowest BCUT2D eigenvalue weighted by Gasteiger charge is -2.26. The zero-order valence-electron chi connectivity index (χ0n) is 9.63. The monoisotopic (exact) mass is 232 g/mol. The Bertz CT molecular complexity index is 447. The number of hydrogen-bond donors (Lipinski definition) is 1. The van der Waals surface area contributed by atoms with Gasteiger partial charge in [-0.1, -0.05) is 12.1 Å². The molecule has 2 unspecified atom stereocenters. The average Bonchev–Trinajstić information content (AvgIpc) is 2.88. The highest BCUT2D eigenvalue weighted by Crippen LogP contribution is 2.29. The van der Waals surface area contributed by atoms with Crippen LogP contribution < -0.4 is 5.73 Å². The van der Waals surface area contributed by atoms with E-state index in [1.165, 1.54) is 5.56 Å². The largest absolute Gasteiger partial charge is 0.399 e. The lowest BCUT2D eigenvalue weighted by Crippen LogP contribution is -2.42. The fourth-order valence-corrected chi connectivity index (χ4v) is 2.66. The third-order valence-electron chi connectivity index (χ3n) is 3.57. The molecule has 0 spiro atoms. The molecular formula is C13H16N2O2. The van der Waals surface area contributed by atoms with E-state index in [4.69, 9.17) is 10.5 Å². The lowest BCUT2D eigenvalue weighted by atomic mass is 10.1. The van der Waals surface area contributed by atoms with E-state index >= 15 is 0 Å². The molecule has 17 heavy (non-hydrogen) atoms. The molecule has 4 heteroatoms. The van der Waals surface area contributed by atoms with E-state index in [0.717, 1.165) is 25.1 Å². The summed E-state index contributed by atoms with van der Waals surface area (Å²) in [4.78, 5) is 13.8. The van der Waals surface area contributed by atoms with Gasteiger partial charge in [-0.05, 0) is 24.1 Å². The predicted octanol–water partition coefficient (Wildman–Crippen LogP) is 0.811. The molecule has 4 nitrogen and oxygen atoms in total. The van der Waals surface area contributed by atoms with Crippen molar-refractivity contribution in [3.63, 3.8) is 0 Å². The third-order valence-corrected chi connectivity index (χ3v) is 3.57. The van der Waals surface area contributed by atoms with Crippen molar-refractivity contribution in [2.75, 3.05) is 18.9 Å². The molecule has 0 aliphatic carbocycles. The Morgan fingerprint density at radius 3 is 3.06 bits per heavy atom. The predicted molar refractivity (Wildman–Crippen MR) is 64.4 cm³/mol. The van der Waals surface area contributed by atoms with Crippen molar-refractivity contribution in [1.82, 2.24) is 4.90 Å². The van der Waals surface area contributed by atoms with Crippen LogP contribution in [0, 0.1) is 0 Å². The third kappa shape index (κ3) is 1.89. The van der Waals surface area contributed by atoms with Crippen LogP contribution in [0.3, 0.4) is 0 Å². The molecule has 1 aromatic rings. The number of likely N-dealkylation sites (tertiary alicyclic amines) is 1. The molecule has 0 radical (unpaired) electrons. The van der Waals surface area contributed by atoms with Gasteiger partial charge in [0, 0.05) is 18.7 Å². The molecule has 2 N–H and O–H groups in total. The number of anilines is 1. The smallest absolute Gasteiger partial charge is 0.252 e. The molecule has 1 amide bonds. The summed E-state index contributed by atoms with van der Waals surface area (Å²) in [6.45, 7) is 1.47. The molecule has 2 fully saturated rings. The Hall–Kier alpha value is -1.55. The Labute approximate surface area is 100 Å². The Balaban J connectivity index is 1.63. The summed E-state index contributed by atoms with van der Waals surface area (Å²) >= 11 is 0. The van der Waals surface area contributed by atoms with Gasteiger partial charge in [0.2, 0.25) is 0 Å². The van der Waals surface area contributed by atoms with Crippen molar-refractivity contribution in [1.29, 1.82) is 0 Å². The van der Waals surface area contributed by atoms with E-state index in [1.54, 1.807) is 0 Å². The van der Waals surface area contributed by atoms with Gasteiger partial charge in [0.05, 0.1) is 12.6 Å². The second-order valence-electron chi connectivity index (χ2n) is 4.74. The Morgan fingerprint density at radius 2 is 2.35 bits per heavy atom. The molecular weight excluding hydrogens is 216 g/mol. The first-order valence-electron chi connectivity index (χ1n) is 6.00. The summed E-state index contributed by atoms with van der Waals surface area (Å²) in [6, 6.07) is 8.14. The van der Waals surface area contributed by atoms with Crippen LogP contribution in [0.25, 0.3) is 0 Å². The quantitative estimate of drug-likeness (QED) is 0.785. The van der Waals surface area contributed by atoms with Crippen molar-refractivity contribution in [2.24, 2.45) is 0 Å². The number of nitrogens with zero attached hydrogens (tertiary/aromatic N) is 1. The molecule has 2 atom stereocenters. The highest BCUT2D eigenvalue weighted by Gasteiger charge is 2.45. The van der Waals surface area contributed by atoms with Gasteiger partial charge in [-0.2, -0.15) is 0 Å². The molecule has 0 aromatic heterocycles. The Kier molecular flexibility index (Phi) is 2.52. The molecule has 0 saturated carbocycles. The van der Waals surface area contributed by atoms with E-state index < -0.39 is 0 Å². The van der Waals surface area contributed by atoms with Gasteiger partial charge in [0.1, 0.15) is 6.10 Å². The maximum Gasteiger partial charge on any atom is 0.252 e. The zero-order valence-corrected chi connectivity index (χ0v) is 9.63. The van der Waals surface area contributed by atoms with Crippen molar-refractivity contribution in [2.45, 2.75) is 25.0 Å². The van der Waals surface area contributed by atoms with E-state index in [0.29, 0.717) is 12.6 Å². The van der Waals surface area contributed by atoms with Crippen LogP contribution in [0.2, 0.25) is 0 Å². The second kappa shape index (κ2) is 4.04. The van der Waals surface area contributed by atoms with Crippen molar-refractivity contribution < 1.29 is 9.53 Å². The lowest BCUT2D eigenvalue weighted by molar-refractivity contribution is -0.143. The number of morpholine rings is 1. The average molecular weight is 232 g/mol. The van der Waals surface area contributed by atoms with Crippen molar-refractivity contribution >= 4 is 11.6 Å². The Morgan fingerprint density at radius 1 is 1.47 bits per heavy atom. The van der Waals surface area contributed by atoms with Crippen LogP contribution >= 0.6 is 0 Å². The molecule has 2 saturated heterocycles. The number of benzene rings is 1. The van der Waals surface area contributed by atoms with Gasteiger partial charge in [0.25, 0.3) is 5.91 Å². The van der Waals surface area contributed by atoms with Crippen LogP contribution in [0.15, 0.2) is 24.3 Å². The van der Waals surface area contributed by atoms with E-state index in [-0.39, 0.29) is 12.0 Å². The van der Waals surface area contributed by atoms with Gasteiger partial charge >= 0.3 is 0 Å². The van der Waals surface area contributed by atoms with E-state index in [1.807, 2.05) is 29.2 Å².